The quantitative estimate of drug-likeness (QED) is 0.708. The molecule has 0 spiro atoms. The molecule has 2 rings (SSSR count). The summed E-state index contributed by atoms with van der Waals surface area (Å²) in [6, 6.07) is 0. The Bertz CT molecular complexity index is 390. The Morgan fingerprint density at radius 2 is 2.18 bits per heavy atom. The molecule has 2 fully saturated rings. The van der Waals surface area contributed by atoms with Gasteiger partial charge in [0.05, 0.1) is 11.5 Å². The summed E-state index contributed by atoms with van der Waals surface area (Å²) in [5.41, 5.74) is 1.42. The third-order valence-corrected chi connectivity index (χ3v) is 4.41. The summed E-state index contributed by atoms with van der Waals surface area (Å²) in [5, 5.41) is 10.7. The molecule has 2 saturated carbocycles. The number of rotatable bonds is 1. The van der Waals surface area contributed by atoms with Gasteiger partial charge in [-0.25, -0.2) is 0 Å². The van der Waals surface area contributed by atoms with E-state index in [2.05, 4.69) is 6.58 Å². The number of fused-ring (bicyclic) bond motifs is 2. The molecule has 1 N–H and O–H groups in total. The largest absolute Gasteiger partial charge is 0.389 e. The van der Waals surface area contributed by atoms with Gasteiger partial charge < -0.3 is 5.11 Å². The Kier molecular flexibility index (Phi) is 3.03. The molecule has 0 amide bonds. The lowest BCUT2D eigenvalue weighted by Crippen LogP contribution is -2.54. The van der Waals surface area contributed by atoms with Crippen molar-refractivity contribution in [2.45, 2.75) is 45.6 Å². The van der Waals surface area contributed by atoms with Gasteiger partial charge in [-0.1, -0.05) is 30.7 Å². The van der Waals surface area contributed by atoms with Gasteiger partial charge in [-0.3, -0.25) is 4.79 Å². The monoisotopic (exact) mass is 234 g/mol. The normalized spacial score (nSPS) is 41.3. The minimum Gasteiger partial charge on any atom is -0.389 e. The Morgan fingerprint density at radius 3 is 2.76 bits per heavy atom. The van der Waals surface area contributed by atoms with Crippen molar-refractivity contribution < 1.29 is 9.90 Å². The molecule has 0 aliphatic heterocycles. The van der Waals surface area contributed by atoms with E-state index >= 15 is 0 Å². The van der Waals surface area contributed by atoms with Crippen molar-refractivity contribution in [1.29, 1.82) is 0 Å². The van der Waals surface area contributed by atoms with Crippen molar-refractivity contribution in [2.75, 3.05) is 0 Å². The number of aliphatic hydroxyl groups is 1. The summed E-state index contributed by atoms with van der Waals surface area (Å²) < 4.78 is 0. The van der Waals surface area contributed by atoms with Crippen LogP contribution in [0.3, 0.4) is 0 Å². The first kappa shape index (κ1) is 12.6. The smallest absolute Gasteiger partial charge is 0.146 e. The van der Waals surface area contributed by atoms with Crippen LogP contribution in [0.2, 0.25) is 0 Å². The highest BCUT2D eigenvalue weighted by molar-refractivity contribution is 5.88. The molecule has 2 aliphatic carbocycles. The van der Waals surface area contributed by atoms with Crippen LogP contribution in [0, 0.1) is 17.8 Å². The number of Topliss-reactive ketones (excluding diaryl/α,β-unsaturated/α-hetero) is 1. The summed E-state index contributed by atoms with van der Waals surface area (Å²) in [7, 11) is 0. The molecule has 4 atom stereocenters. The van der Waals surface area contributed by atoms with Crippen LogP contribution >= 0.6 is 0 Å². The number of allylic oxidation sites excluding steroid dienone is 2. The summed E-state index contributed by atoms with van der Waals surface area (Å²) in [6.07, 6.45) is 4.18. The maximum absolute atomic E-state index is 12.4. The van der Waals surface area contributed by atoms with Crippen LogP contribution in [0.4, 0.5) is 0 Å². The summed E-state index contributed by atoms with van der Waals surface area (Å²) >= 11 is 0. The fraction of sp³-hybridized carbons (Fsp3) is 0.667. The highest BCUT2D eigenvalue weighted by Crippen LogP contribution is 2.49. The van der Waals surface area contributed by atoms with E-state index in [-0.39, 0.29) is 23.5 Å². The maximum Gasteiger partial charge on any atom is 0.146 e. The van der Waals surface area contributed by atoms with Gasteiger partial charge in [0.2, 0.25) is 0 Å². The minimum atomic E-state index is -0.827. The molecule has 17 heavy (non-hydrogen) atoms. The maximum atomic E-state index is 12.4. The van der Waals surface area contributed by atoms with Crippen LogP contribution in [0.5, 0.6) is 0 Å². The van der Waals surface area contributed by atoms with Crippen molar-refractivity contribution in [2.24, 2.45) is 17.8 Å². The minimum absolute atomic E-state index is 0.00340. The van der Waals surface area contributed by atoms with Crippen LogP contribution in [0.25, 0.3) is 0 Å². The first-order valence-electron chi connectivity index (χ1n) is 6.44. The predicted octanol–water partition coefficient (Wildman–Crippen LogP) is 2.88. The van der Waals surface area contributed by atoms with Gasteiger partial charge in [0.1, 0.15) is 5.78 Å². The standard InChI is InChI=1S/C15H22O2/c1-9(2)7-13-14(16)11(4)12-8-15(13,17)6-5-10(12)3/h7,11-13,17H,3,5-6,8H2,1-2,4H3/t11-,12-,13+,15+/m0/s1. The van der Waals surface area contributed by atoms with Crippen LogP contribution in [0.1, 0.15) is 40.0 Å². The van der Waals surface area contributed by atoms with Gasteiger partial charge in [0, 0.05) is 5.92 Å². The predicted molar refractivity (Wildman–Crippen MR) is 68.5 cm³/mol. The van der Waals surface area contributed by atoms with Gasteiger partial charge in [-0.15, -0.1) is 0 Å². The number of hydrogen-bond acceptors (Lipinski definition) is 2. The molecule has 94 valence electrons. The number of carbonyl (C=O) groups excluding carboxylic acids is 1. The molecule has 0 aromatic heterocycles. The van der Waals surface area contributed by atoms with E-state index in [0.717, 1.165) is 17.6 Å². The van der Waals surface area contributed by atoms with E-state index in [0.29, 0.717) is 12.8 Å². The van der Waals surface area contributed by atoms with Crippen molar-refractivity contribution in [3.63, 3.8) is 0 Å². The van der Waals surface area contributed by atoms with Crippen molar-refractivity contribution >= 4 is 5.78 Å². The molecular formula is C15H22O2. The molecule has 2 nitrogen and oxygen atoms in total. The second-order valence-corrected chi connectivity index (χ2v) is 5.99. The van der Waals surface area contributed by atoms with Gasteiger partial charge in [-0.05, 0) is 39.0 Å². The van der Waals surface area contributed by atoms with Gasteiger partial charge >= 0.3 is 0 Å². The lowest BCUT2D eigenvalue weighted by atomic mass is 9.58. The topological polar surface area (TPSA) is 37.3 Å². The van der Waals surface area contributed by atoms with Crippen molar-refractivity contribution in [1.82, 2.24) is 0 Å². The average Bonchev–Trinajstić information content (AvgIpc) is 2.26. The van der Waals surface area contributed by atoms with Crippen LogP contribution in [0.15, 0.2) is 23.8 Å². The van der Waals surface area contributed by atoms with Crippen LogP contribution in [-0.4, -0.2) is 16.5 Å². The van der Waals surface area contributed by atoms with Crippen LogP contribution in [-0.2, 0) is 4.79 Å². The number of hydrogen-bond donors (Lipinski definition) is 1. The third-order valence-electron chi connectivity index (χ3n) is 4.41. The van der Waals surface area contributed by atoms with Crippen LogP contribution < -0.4 is 0 Å². The Labute approximate surface area is 103 Å². The van der Waals surface area contributed by atoms with Gasteiger partial charge in [0.15, 0.2) is 0 Å². The van der Waals surface area contributed by atoms with E-state index in [1.807, 2.05) is 26.8 Å². The second-order valence-electron chi connectivity index (χ2n) is 5.99. The molecule has 2 heteroatoms. The van der Waals surface area contributed by atoms with E-state index in [9.17, 15) is 9.90 Å². The second kappa shape index (κ2) is 4.09. The SMILES string of the molecule is C=C1CC[C@@]2(O)C[C@@H]1[C@H](C)C(=O)[C@H]2C=C(C)C. The number of carbonyl (C=O) groups is 1. The molecule has 0 saturated heterocycles. The van der Waals surface area contributed by atoms with Crippen molar-refractivity contribution in [3.8, 4) is 0 Å². The van der Waals surface area contributed by atoms with Gasteiger partial charge in [-0.2, -0.15) is 0 Å². The average molecular weight is 234 g/mol. The summed E-state index contributed by atoms with van der Waals surface area (Å²) in [6.45, 7) is 10.0. The molecule has 0 heterocycles. The van der Waals surface area contributed by atoms with E-state index < -0.39 is 5.60 Å². The van der Waals surface area contributed by atoms with E-state index in [1.54, 1.807) is 0 Å². The molecular weight excluding hydrogens is 212 g/mol. The fourth-order valence-corrected chi connectivity index (χ4v) is 3.32. The fourth-order valence-electron chi connectivity index (χ4n) is 3.32. The zero-order valence-corrected chi connectivity index (χ0v) is 11.0. The molecule has 0 aromatic carbocycles. The molecule has 0 unspecified atom stereocenters. The van der Waals surface area contributed by atoms with E-state index in [4.69, 9.17) is 0 Å². The molecule has 0 aromatic rings. The summed E-state index contributed by atoms with van der Waals surface area (Å²) in [5.74, 6) is 0.0596. The Hall–Kier alpha value is -0.890. The highest BCUT2D eigenvalue weighted by atomic mass is 16.3. The Morgan fingerprint density at radius 1 is 1.53 bits per heavy atom. The van der Waals surface area contributed by atoms with Crippen molar-refractivity contribution in [3.05, 3.63) is 23.8 Å². The van der Waals surface area contributed by atoms with Gasteiger partial charge in [0.25, 0.3) is 0 Å². The molecule has 0 radical (unpaired) electrons. The first-order valence-corrected chi connectivity index (χ1v) is 6.44. The number of ketones is 1. The highest BCUT2D eigenvalue weighted by Gasteiger charge is 2.52. The van der Waals surface area contributed by atoms with E-state index in [1.165, 1.54) is 0 Å². The Balaban J connectivity index is 2.38. The lowest BCUT2D eigenvalue weighted by molar-refractivity contribution is -0.146. The molecule has 2 bridgehead atoms. The third kappa shape index (κ3) is 1.99. The first-order chi connectivity index (χ1) is 7.85. The zero-order chi connectivity index (χ0) is 12.8. The molecule has 2 aliphatic rings. The lowest BCUT2D eigenvalue weighted by Gasteiger charge is -2.49. The zero-order valence-electron chi connectivity index (χ0n) is 11.0. The summed E-state index contributed by atoms with van der Waals surface area (Å²) in [4.78, 5) is 12.4.